The van der Waals surface area contributed by atoms with Gasteiger partial charge in [0, 0.05) is 13.5 Å². The molecule has 0 atom stereocenters. The molecule has 2 rings (SSSR count). The molecular weight excluding hydrogens is 303 g/mol. The lowest BCUT2D eigenvalue weighted by molar-refractivity contribution is -0.113. The third kappa shape index (κ3) is 4.30. The van der Waals surface area contributed by atoms with Crippen LogP contribution in [0.15, 0.2) is 29.4 Å². The highest BCUT2D eigenvalue weighted by Crippen LogP contribution is 2.18. The van der Waals surface area contributed by atoms with Crippen molar-refractivity contribution in [3.63, 3.8) is 0 Å². The molecular formula is C15H19FN4OS. The largest absolute Gasteiger partial charge is 0.323 e. The summed E-state index contributed by atoms with van der Waals surface area (Å²) < 4.78 is 15.3. The molecule has 0 fully saturated rings. The number of aromatic nitrogens is 3. The van der Waals surface area contributed by atoms with Gasteiger partial charge in [0.2, 0.25) is 5.91 Å². The molecule has 0 aliphatic heterocycles. The fraction of sp³-hybridized carbons (Fsp3) is 0.400. The number of hydrogen-bond donors (Lipinski definition) is 1. The molecule has 1 aromatic carbocycles. The highest BCUT2D eigenvalue weighted by atomic mass is 32.2. The Kier molecular flexibility index (Phi) is 5.54. The lowest BCUT2D eigenvalue weighted by Gasteiger charge is -2.07. The molecule has 1 aromatic heterocycles. The summed E-state index contributed by atoms with van der Waals surface area (Å²) in [5.41, 5.74) is 0.187. The Balaban J connectivity index is 1.92. The van der Waals surface area contributed by atoms with E-state index in [-0.39, 0.29) is 17.3 Å². The van der Waals surface area contributed by atoms with E-state index in [1.165, 1.54) is 23.9 Å². The fourth-order valence-corrected chi connectivity index (χ4v) is 2.62. The number of amides is 1. The second-order valence-corrected chi connectivity index (χ2v) is 6.31. The fourth-order valence-electron chi connectivity index (χ4n) is 1.89. The molecule has 0 unspecified atom stereocenters. The number of nitrogens with zero attached hydrogens (tertiary/aromatic N) is 3. The zero-order valence-electron chi connectivity index (χ0n) is 12.8. The summed E-state index contributed by atoms with van der Waals surface area (Å²) >= 11 is 1.28. The standard InChI is InChI=1S/C15H19FN4OS/c1-10(2)8-13-18-19-15(20(13)3)22-9-14(21)17-12-7-5-4-6-11(12)16/h4-7,10H,8-9H2,1-3H3,(H,17,21). The Hall–Kier alpha value is -1.89. The molecule has 0 spiro atoms. The number of carbonyl (C=O) groups excluding carboxylic acids is 1. The van der Waals surface area contributed by atoms with Crippen LogP contribution in [0, 0.1) is 11.7 Å². The van der Waals surface area contributed by atoms with E-state index in [0.717, 1.165) is 12.2 Å². The van der Waals surface area contributed by atoms with Crippen molar-refractivity contribution in [3.8, 4) is 0 Å². The van der Waals surface area contributed by atoms with Gasteiger partial charge < -0.3 is 9.88 Å². The first-order chi connectivity index (χ1) is 10.5. The summed E-state index contributed by atoms with van der Waals surface area (Å²) in [6, 6.07) is 6.09. The smallest absolute Gasteiger partial charge is 0.234 e. The number of carbonyl (C=O) groups is 1. The van der Waals surface area contributed by atoms with Gasteiger partial charge in [0.25, 0.3) is 0 Å². The van der Waals surface area contributed by atoms with Crippen molar-refractivity contribution in [1.29, 1.82) is 0 Å². The zero-order chi connectivity index (χ0) is 16.1. The predicted octanol–water partition coefficient (Wildman–Crippen LogP) is 2.88. The van der Waals surface area contributed by atoms with Crippen LogP contribution in [0.4, 0.5) is 10.1 Å². The van der Waals surface area contributed by atoms with E-state index in [9.17, 15) is 9.18 Å². The van der Waals surface area contributed by atoms with Crippen LogP contribution in [-0.2, 0) is 18.3 Å². The Morgan fingerprint density at radius 2 is 2.09 bits per heavy atom. The maximum Gasteiger partial charge on any atom is 0.234 e. The second-order valence-electron chi connectivity index (χ2n) is 5.37. The highest BCUT2D eigenvalue weighted by Gasteiger charge is 2.13. The minimum absolute atomic E-state index is 0.155. The summed E-state index contributed by atoms with van der Waals surface area (Å²) in [6.45, 7) is 4.23. The van der Waals surface area contributed by atoms with Crippen molar-refractivity contribution in [2.45, 2.75) is 25.4 Å². The number of para-hydroxylation sites is 1. The second kappa shape index (κ2) is 7.40. The van der Waals surface area contributed by atoms with Crippen molar-refractivity contribution in [2.75, 3.05) is 11.1 Å². The van der Waals surface area contributed by atoms with E-state index in [4.69, 9.17) is 0 Å². The van der Waals surface area contributed by atoms with Gasteiger partial charge in [0.1, 0.15) is 11.6 Å². The topological polar surface area (TPSA) is 59.8 Å². The van der Waals surface area contributed by atoms with Crippen LogP contribution in [0.1, 0.15) is 19.7 Å². The summed E-state index contributed by atoms with van der Waals surface area (Å²) in [4.78, 5) is 11.9. The minimum Gasteiger partial charge on any atom is -0.323 e. The van der Waals surface area contributed by atoms with Crippen LogP contribution in [0.2, 0.25) is 0 Å². The first kappa shape index (κ1) is 16.5. The first-order valence-electron chi connectivity index (χ1n) is 7.02. The number of hydrogen-bond acceptors (Lipinski definition) is 4. The maximum absolute atomic E-state index is 13.5. The van der Waals surface area contributed by atoms with Gasteiger partial charge in [-0.05, 0) is 18.1 Å². The molecule has 5 nitrogen and oxygen atoms in total. The average molecular weight is 322 g/mol. The molecule has 7 heteroatoms. The predicted molar refractivity (Wildman–Crippen MR) is 85.3 cm³/mol. The number of benzene rings is 1. The first-order valence-corrected chi connectivity index (χ1v) is 8.01. The molecule has 1 amide bonds. The van der Waals surface area contributed by atoms with Gasteiger partial charge >= 0.3 is 0 Å². The summed E-state index contributed by atoms with van der Waals surface area (Å²) in [6.07, 6.45) is 0.839. The Labute approximate surface area is 133 Å². The number of halogens is 1. The van der Waals surface area contributed by atoms with Gasteiger partial charge in [-0.15, -0.1) is 10.2 Å². The summed E-state index contributed by atoms with van der Waals surface area (Å²) in [7, 11) is 1.88. The summed E-state index contributed by atoms with van der Waals surface area (Å²) in [5.74, 6) is 0.821. The molecule has 0 aliphatic rings. The Bertz CT molecular complexity index is 657. The molecule has 1 N–H and O–H groups in total. The van der Waals surface area contributed by atoms with Crippen molar-refractivity contribution in [2.24, 2.45) is 13.0 Å². The van der Waals surface area contributed by atoms with Crippen LogP contribution in [0.25, 0.3) is 0 Å². The van der Waals surface area contributed by atoms with E-state index in [2.05, 4.69) is 29.4 Å². The van der Waals surface area contributed by atoms with E-state index >= 15 is 0 Å². The molecule has 0 saturated carbocycles. The lowest BCUT2D eigenvalue weighted by Crippen LogP contribution is -2.15. The SMILES string of the molecule is CC(C)Cc1nnc(SCC(=O)Nc2ccccc2F)n1C. The molecule has 2 aromatic rings. The van der Waals surface area contributed by atoms with Crippen LogP contribution >= 0.6 is 11.8 Å². The van der Waals surface area contributed by atoms with Crippen molar-refractivity contribution < 1.29 is 9.18 Å². The number of thioether (sulfide) groups is 1. The van der Waals surface area contributed by atoms with Crippen molar-refractivity contribution in [3.05, 3.63) is 35.9 Å². The summed E-state index contributed by atoms with van der Waals surface area (Å²) in [5, 5.41) is 11.4. The van der Waals surface area contributed by atoms with Crippen LogP contribution in [0.5, 0.6) is 0 Å². The van der Waals surface area contributed by atoms with E-state index in [1.54, 1.807) is 12.1 Å². The third-order valence-electron chi connectivity index (χ3n) is 3.00. The lowest BCUT2D eigenvalue weighted by atomic mass is 10.1. The third-order valence-corrected chi connectivity index (χ3v) is 4.02. The number of nitrogens with one attached hydrogen (secondary N) is 1. The molecule has 118 valence electrons. The molecule has 22 heavy (non-hydrogen) atoms. The zero-order valence-corrected chi connectivity index (χ0v) is 13.7. The molecule has 0 aliphatic carbocycles. The van der Waals surface area contributed by atoms with Crippen LogP contribution < -0.4 is 5.32 Å². The quantitative estimate of drug-likeness (QED) is 0.831. The Morgan fingerprint density at radius 1 is 1.36 bits per heavy atom. The molecule has 0 radical (unpaired) electrons. The van der Waals surface area contributed by atoms with Crippen LogP contribution in [0.3, 0.4) is 0 Å². The molecule has 1 heterocycles. The number of anilines is 1. The minimum atomic E-state index is -0.446. The van der Waals surface area contributed by atoms with Gasteiger partial charge in [-0.3, -0.25) is 4.79 Å². The normalized spacial score (nSPS) is 11.0. The van der Waals surface area contributed by atoms with Crippen molar-refractivity contribution in [1.82, 2.24) is 14.8 Å². The van der Waals surface area contributed by atoms with Gasteiger partial charge in [-0.2, -0.15) is 0 Å². The van der Waals surface area contributed by atoms with Gasteiger partial charge in [-0.25, -0.2) is 4.39 Å². The monoisotopic (exact) mass is 322 g/mol. The maximum atomic E-state index is 13.5. The molecule has 0 saturated heterocycles. The Morgan fingerprint density at radius 3 is 2.77 bits per heavy atom. The highest BCUT2D eigenvalue weighted by molar-refractivity contribution is 7.99. The van der Waals surface area contributed by atoms with Gasteiger partial charge in [-0.1, -0.05) is 37.7 Å². The van der Waals surface area contributed by atoms with E-state index in [0.29, 0.717) is 11.1 Å². The van der Waals surface area contributed by atoms with E-state index in [1.807, 2.05) is 11.6 Å². The average Bonchev–Trinajstić information content (AvgIpc) is 2.80. The van der Waals surface area contributed by atoms with E-state index < -0.39 is 5.82 Å². The molecule has 0 bridgehead atoms. The van der Waals surface area contributed by atoms with Gasteiger partial charge in [0.15, 0.2) is 5.16 Å². The van der Waals surface area contributed by atoms with Gasteiger partial charge in [0.05, 0.1) is 11.4 Å². The number of rotatable bonds is 6. The van der Waals surface area contributed by atoms with Crippen molar-refractivity contribution >= 4 is 23.4 Å². The van der Waals surface area contributed by atoms with Crippen LogP contribution in [-0.4, -0.2) is 26.4 Å².